The van der Waals surface area contributed by atoms with Crippen LogP contribution in [-0.2, 0) is 10.3 Å². The molecule has 2 heterocycles. The molecular formula is C18H24N4O4. The van der Waals surface area contributed by atoms with E-state index in [4.69, 9.17) is 14.0 Å². The van der Waals surface area contributed by atoms with Crippen molar-refractivity contribution in [2.45, 2.75) is 45.1 Å². The Balaban J connectivity index is 1.77. The molecule has 26 heavy (non-hydrogen) atoms. The highest BCUT2D eigenvalue weighted by atomic mass is 16.5. The van der Waals surface area contributed by atoms with Gasteiger partial charge in [0.05, 0.1) is 12.1 Å². The molecule has 8 nitrogen and oxygen atoms in total. The van der Waals surface area contributed by atoms with Gasteiger partial charge < -0.3 is 19.3 Å². The fraction of sp³-hybridized carbons (Fsp3) is 0.556. The number of carbonyl (C=O) groups excluding carboxylic acids is 1. The molecule has 140 valence electrons. The highest BCUT2D eigenvalue weighted by molar-refractivity contribution is 5.93. The van der Waals surface area contributed by atoms with Crippen molar-refractivity contribution in [2.75, 3.05) is 20.3 Å². The molecule has 0 bridgehead atoms. The van der Waals surface area contributed by atoms with Gasteiger partial charge in [-0.15, -0.1) is 0 Å². The maximum Gasteiger partial charge on any atom is 0.270 e. The quantitative estimate of drug-likeness (QED) is 0.721. The Morgan fingerprint density at radius 2 is 2.08 bits per heavy atom. The molecule has 0 atom stereocenters. The molecule has 1 aliphatic carbocycles. The summed E-state index contributed by atoms with van der Waals surface area (Å²) >= 11 is 0. The summed E-state index contributed by atoms with van der Waals surface area (Å²) < 4.78 is 15.8. The molecular weight excluding hydrogens is 336 g/mol. The second-order valence-electron chi connectivity index (χ2n) is 6.92. The van der Waals surface area contributed by atoms with Crippen molar-refractivity contribution in [3.05, 3.63) is 35.1 Å². The Kier molecular flexibility index (Phi) is 5.22. The predicted octanol–water partition coefficient (Wildman–Crippen LogP) is 2.34. The molecule has 0 radical (unpaired) electrons. The fourth-order valence-corrected chi connectivity index (χ4v) is 2.58. The van der Waals surface area contributed by atoms with E-state index < -0.39 is 5.54 Å². The third kappa shape index (κ3) is 4.19. The minimum Gasteiger partial charge on any atom is -0.475 e. The van der Waals surface area contributed by atoms with E-state index >= 15 is 0 Å². The Bertz CT molecular complexity index is 783. The van der Waals surface area contributed by atoms with Gasteiger partial charge in [0.25, 0.3) is 5.91 Å². The summed E-state index contributed by atoms with van der Waals surface area (Å²) in [5.41, 5.74) is 0.545. The van der Waals surface area contributed by atoms with Crippen molar-refractivity contribution in [1.29, 1.82) is 0 Å². The lowest BCUT2D eigenvalue weighted by molar-refractivity contribution is 0.0900. The van der Waals surface area contributed by atoms with Gasteiger partial charge in [-0.25, -0.2) is 4.98 Å². The molecule has 2 aromatic rings. The van der Waals surface area contributed by atoms with Crippen molar-refractivity contribution in [1.82, 2.24) is 20.4 Å². The molecule has 0 unspecified atom stereocenters. The molecule has 0 aromatic carbocycles. The standard InChI is InChI=1S/C18H24N4O4/c1-11-19-17(22-26-11)18(2,3)21-15(23)14-8-7-13(12-5-6-12)16(20-14)25-10-9-24-4/h7-8,12H,5-6,9-10H2,1-4H3,(H,21,23). The monoisotopic (exact) mass is 360 g/mol. The molecule has 1 aliphatic rings. The topological polar surface area (TPSA) is 99.4 Å². The molecule has 0 spiro atoms. The highest BCUT2D eigenvalue weighted by Gasteiger charge is 2.31. The number of nitrogens with zero attached hydrogens (tertiary/aromatic N) is 3. The zero-order valence-corrected chi connectivity index (χ0v) is 15.5. The first kappa shape index (κ1) is 18.3. The summed E-state index contributed by atoms with van der Waals surface area (Å²) in [6.45, 7) is 6.18. The van der Waals surface area contributed by atoms with Crippen LogP contribution in [0.5, 0.6) is 5.88 Å². The number of pyridine rings is 1. The van der Waals surface area contributed by atoms with E-state index in [0.29, 0.717) is 36.7 Å². The third-order valence-corrected chi connectivity index (χ3v) is 4.18. The minimum absolute atomic E-state index is 0.287. The average Bonchev–Trinajstić information content (AvgIpc) is 3.34. The van der Waals surface area contributed by atoms with Crippen LogP contribution >= 0.6 is 0 Å². The first-order valence-electron chi connectivity index (χ1n) is 8.66. The Hall–Kier alpha value is -2.48. The molecule has 1 saturated carbocycles. The predicted molar refractivity (Wildman–Crippen MR) is 93.1 cm³/mol. The molecule has 1 N–H and O–H groups in total. The van der Waals surface area contributed by atoms with Crippen LogP contribution in [0, 0.1) is 6.92 Å². The number of rotatable bonds is 8. The van der Waals surface area contributed by atoms with Crippen molar-refractivity contribution in [3.63, 3.8) is 0 Å². The molecule has 8 heteroatoms. The summed E-state index contributed by atoms with van der Waals surface area (Å²) in [5.74, 6) is 1.51. The van der Waals surface area contributed by atoms with Crippen LogP contribution in [0.3, 0.4) is 0 Å². The summed E-state index contributed by atoms with van der Waals surface area (Å²) in [6, 6.07) is 3.65. The smallest absolute Gasteiger partial charge is 0.270 e. The van der Waals surface area contributed by atoms with Crippen LogP contribution in [0.2, 0.25) is 0 Å². The van der Waals surface area contributed by atoms with Gasteiger partial charge >= 0.3 is 0 Å². The second-order valence-corrected chi connectivity index (χ2v) is 6.92. The maximum absolute atomic E-state index is 12.7. The number of ether oxygens (including phenoxy) is 2. The molecule has 0 saturated heterocycles. The molecule has 2 aromatic heterocycles. The number of hydrogen-bond acceptors (Lipinski definition) is 7. The molecule has 1 amide bonds. The van der Waals surface area contributed by atoms with Crippen molar-refractivity contribution < 1.29 is 18.8 Å². The lowest BCUT2D eigenvalue weighted by Crippen LogP contribution is -2.42. The molecule has 0 aliphatic heterocycles. The number of hydrogen-bond donors (Lipinski definition) is 1. The van der Waals surface area contributed by atoms with Gasteiger partial charge in [-0.1, -0.05) is 11.2 Å². The first-order valence-corrected chi connectivity index (χ1v) is 8.66. The van der Waals surface area contributed by atoms with Gasteiger partial charge in [-0.3, -0.25) is 4.79 Å². The van der Waals surface area contributed by atoms with Crippen molar-refractivity contribution in [3.8, 4) is 5.88 Å². The van der Waals surface area contributed by atoms with Gasteiger partial charge in [-0.2, -0.15) is 4.98 Å². The number of aromatic nitrogens is 3. The first-order chi connectivity index (χ1) is 12.4. The zero-order chi connectivity index (χ0) is 18.7. The average molecular weight is 360 g/mol. The van der Waals surface area contributed by atoms with E-state index in [0.717, 1.165) is 18.4 Å². The lowest BCUT2D eigenvalue weighted by atomic mass is 10.0. The van der Waals surface area contributed by atoms with Gasteiger partial charge in [0, 0.05) is 19.6 Å². The van der Waals surface area contributed by atoms with E-state index in [-0.39, 0.29) is 11.6 Å². The van der Waals surface area contributed by atoms with Crippen LogP contribution < -0.4 is 10.1 Å². The minimum atomic E-state index is -0.789. The van der Waals surface area contributed by atoms with Gasteiger partial charge in [0.2, 0.25) is 11.8 Å². The van der Waals surface area contributed by atoms with Crippen LogP contribution in [0.4, 0.5) is 0 Å². The van der Waals surface area contributed by atoms with E-state index in [1.165, 1.54) is 0 Å². The number of aryl methyl sites for hydroxylation is 1. The normalized spacial score (nSPS) is 14.3. The molecule has 1 fully saturated rings. The summed E-state index contributed by atoms with van der Waals surface area (Å²) in [5, 5.41) is 6.78. The number of carbonyl (C=O) groups is 1. The van der Waals surface area contributed by atoms with Gasteiger partial charge in [0.1, 0.15) is 12.3 Å². The van der Waals surface area contributed by atoms with Crippen molar-refractivity contribution >= 4 is 5.91 Å². The maximum atomic E-state index is 12.7. The number of amides is 1. The third-order valence-electron chi connectivity index (χ3n) is 4.18. The summed E-state index contributed by atoms with van der Waals surface area (Å²) in [7, 11) is 1.62. The number of methoxy groups -OCH3 is 1. The van der Waals surface area contributed by atoms with E-state index in [2.05, 4.69) is 20.4 Å². The van der Waals surface area contributed by atoms with Crippen LogP contribution in [0.25, 0.3) is 0 Å². The van der Waals surface area contributed by atoms with Crippen LogP contribution in [0.1, 0.15) is 60.4 Å². The SMILES string of the molecule is COCCOc1nc(C(=O)NC(C)(C)c2noc(C)n2)ccc1C1CC1. The zero-order valence-electron chi connectivity index (χ0n) is 15.5. The molecule has 3 rings (SSSR count). The second kappa shape index (κ2) is 7.41. The fourth-order valence-electron chi connectivity index (χ4n) is 2.58. The largest absolute Gasteiger partial charge is 0.475 e. The van der Waals surface area contributed by atoms with E-state index in [9.17, 15) is 4.79 Å². The highest BCUT2D eigenvalue weighted by Crippen LogP contribution is 2.43. The summed E-state index contributed by atoms with van der Waals surface area (Å²) in [4.78, 5) is 21.3. The number of nitrogens with one attached hydrogen (secondary N) is 1. The van der Waals surface area contributed by atoms with Crippen molar-refractivity contribution in [2.24, 2.45) is 0 Å². The lowest BCUT2D eigenvalue weighted by Gasteiger charge is -2.22. The Labute approximate surface area is 152 Å². The van der Waals surface area contributed by atoms with Crippen LogP contribution in [0.15, 0.2) is 16.7 Å². The Morgan fingerprint density at radius 3 is 2.69 bits per heavy atom. The van der Waals surface area contributed by atoms with E-state index in [1.54, 1.807) is 20.1 Å². The summed E-state index contributed by atoms with van der Waals surface area (Å²) in [6.07, 6.45) is 2.25. The van der Waals surface area contributed by atoms with Gasteiger partial charge in [-0.05, 0) is 38.7 Å². The van der Waals surface area contributed by atoms with Gasteiger partial charge in [0.15, 0.2) is 5.82 Å². The Morgan fingerprint density at radius 1 is 1.31 bits per heavy atom. The van der Waals surface area contributed by atoms with Crippen LogP contribution in [-0.4, -0.2) is 41.4 Å². The van der Waals surface area contributed by atoms with E-state index in [1.807, 2.05) is 19.9 Å².